The third-order valence-electron chi connectivity index (χ3n) is 4.85. The summed E-state index contributed by atoms with van der Waals surface area (Å²) >= 11 is 0. The molecule has 3 rings (SSSR count). The second-order valence-corrected chi connectivity index (χ2v) is 6.58. The van der Waals surface area contributed by atoms with Crippen molar-refractivity contribution in [3.05, 3.63) is 18.0 Å². The predicted molar refractivity (Wildman–Crippen MR) is 86.8 cm³/mol. The molecule has 0 bridgehead atoms. The van der Waals surface area contributed by atoms with Gasteiger partial charge in [-0.2, -0.15) is 0 Å². The van der Waals surface area contributed by atoms with Crippen LogP contribution in [0.1, 0.15) is 18.4 Å². The van der Waals surface area contributed by atoms with Crippen LogP contribution >= 0.6 is 0 Å². The smallest absolute Gasteiger partial charge is 0.225 e. The summed E-state index contributed by atoms with van der Waals surface area (Å²) in [5.41, 5.74) is 1.18. The fourth-order valence-electron chi connectivity index (χ4n) is 3.18. The zero-order valence-corrected chi connectivity index (χ0v) is 13.5. The molecule has 2 aliphatic rings. The van der Waals surface area contributed by atoms with E-state index in [-0.39, 0.29) is 0 Å². The van der Waals surface area contributed by atoms with Crippen molar-refractivity contribution in [2.24, 2.45) is 5.92 Å². The van der Waals surface area contributed by atoms with Crippen molar-refractivity contribution >= 4 is 5.95 Å². The van der Waals surface area contributed by atoms with Crippen LogP contribution in [0.25, 0.3) is 0 Å². The molecule has 0 saturated carbocycles. The highest BCUT2D eigenvalue weighted by Gasteiger charge is 2.19. The Hall–Kier alpha value is -1.24. The predicted octanol–water partition coefficient (Wildman–Crippen LogP) is 0.433. The maximum absolute atomic E-state index is 9.19. The third kappa shape index (κ3) is 3.94. The summed E-state index contributed by atoms with van der Waals surface area (Å²) in [4.78, 5) is 16.1. The molecule has 1 aromatic rings. The molecular formula is C16H27N5O. The largest absolute Gasteiger partial charge is 0.396 e. The van der Waals surface area contributed by atoms with Crippen LogP contribution in [0, 0.1) is 5.92 Å². The molecule has 0 unspecified atom stereocenters. The lowest BCUT2D eigenvalue weighted by Gasteiger charge is -2.32. The first kappa shape index (κ1) is 15.6. The number of anilines is 1. The van der Waals surface area contributed by atoms with Gasteiger partial charge in [0.15, 0.2) is 0 Å². The van der Waals surface area contributed by atoms with Crippen molar-refractivity contribution < 1.29 is 5.11 Å². The Morgan fingerprint density at radius 2 is 1.68 bits per heavy atom. The number of aliphatic hydroxyl groups is 1. The molecular weight excluding hydrogens is 278 g/mol. The molecule has 3 heterocycles. The summed E-state index contributed by atoms with van der Waals surface area (Å²) in [7, 11) is 2.15. The molecule has 2 saturated heterocycles. The summed E-state index contributed by atoms with van der Waals surface area (Å²) in [6, 6.07) is 0. The van der Waals surface area contributed by atoms with E-state index in [0.717, 1.165) is 64.6 Å². The van der Waals surface area contributed by atoms with Crippen molar-refractivity contribution in [2.75, 3.05) is 57.8 Å². The number of hydrogen-bond acceptors (Lipinski definition) is 6. The van der Waals surface area contributed by atoms with Gasteiger partial charge in [-0.15, -0.1) is 0 Å². The first-order valence-electron chi connectivity index (χ1n) is 8.32. The maximum atomic E-state index is 9.19. The van der Waals surface area contributed by atoms with Crippen LogP contribution in [0.2, 0.25) is 0 Å². The van der Waals surface area contributed by atoms with E-state index in [0.29, 0.717) is 12.5 Å². The van der Waals surface area contributed by atoms with E-state index in [9.17, 15) is 5.11 Å². The SMILES string of the molecule is CN1CCN(c2ncc(CN3CCC(CO)CC3)cn2)CC1. The molecule has 6 nitrogen and oxygen atoms in total. The van der Waals surface area contributed by atoms with E-state index in [1.165, 1.54) is 5.56 Å². The van der Waals surface area contributed by atoms with Crippen LogP contribution in [0.5, 0.6) is 0 Å². The molecule has 6 heteroatoms. The van der Waals surface area contributed by atoms with Crippen LogP contribution < -0.4 is 4.90 Å². The van der Waals surface area contributed by atoms with Gasteiger partial charge < -0.3 is 14.9 Å². The number of hydrogen-bond donors (Lipinski definition) is 1. The highest BCUT2D eigenvalue weighted by molar-refractivity contribution is 5.30. The lowest BCUT2D eigenvalue weighted by molar-refractivity contribution is 0.127. The third-order valence-corrected chi connectivity index (χ3v) is 4.85. The summed E-state index contributed by atoms with van der Waals surface area (Å²) in [5.74, 6) is 1.35. The maximum Gasteiger partial charge on any atom is 0.225 e. The molecule has 122 valence electrons. The highest BCUT2D eigenvalue weighted by Crippen LogP contribution is 2.18. The fourth-order valence-corrected chi connectivity index (χ4v) is 3.18. The van der Waals surface area contributed by atoms with Crippen molar-refractivity contribution in [1.82, 2.24) is 19.8 Å². The van der Waals surface area contributed by atoms with E-state index in [1.807, 2.05) is 12.4 Å². The van der Waals surface area contributed by atoms with Gasteiger partial charge in [-0.1, -0.05) is 0 Å². The van der Waals surface area contributed by atoms with Crippen molar-refractivity contribution in [1.29, 1.82) is 0 Å². The molecule has 1 N–H and O–H groups in total. The Balaban J connectivity index is 1.51. The molecule has 0 aliphatic carbocycles. The van der Waals surface area contributed by atoms with Crippen molar-refractivity contribution in [3.8, 4) is 0 Å². The van der Waals surface area contributed by atoms with Gasteiger partial charge in [0.2, 0.25) is 5.95 Å². The van der Waals surface area contributed by atoms with Crippen molar-refractivity contribution in [2.45, 2.75) is 19.4 Å². The average Bonchev–Trinajstić information content (AvgIpc) is 2.57. The second kappa shape index (κ2) is 7.35. The molecule has 1 aromatic heterocycles. The number of aromatic nitrogens is 2. The van der Waals surface area contributed by atoms with E-state index in [4.69, 9.17) is 0 Å². The van der Waals surface area contributed by atoms with E-state index >= 15 is 0 Å². The molecule has 0 aromatic carbocycles. The van der Waals surface area contributed by atoms with Crippen LogP contribution in [0.4, 0.5) is 5.95 Å². The highest BCUT2D eigenvalue weighted by atomic mass is 16.3. The van der Waals surface area contributed by atoms with E-state index in [1.54, 1.807) is 0 Å². The first-order valence-corrected chi connectivity index (χ1v) is 8.32. The zero-order chi connectivity index (χ0) is 15.4. The number of aliphatic hydroxyl groups excluding tert-OH is 1. The number of rotatable bonds is 4. The van der Waals surface area contributed by atoms with Gasteiger partial charge in [-0.25, -0.2) is 9.97 Å². The second-order valence-electron chi connectivity index (χ2n) is 6.58. The number of piperazine rings is 1. The van der Waals surface area contributed by atoms with Crippen LogP contribution in [-0.2, 0) is 6.54 Å². The minimum Gasteiger partial charge on any atom is -0.396 e. The lowest BCUT2D eigenvalue weighted by atomic mass is 9.98. The lowest BCUT2D eigenvalue weighted by Crippen LogP contribution is -2.45. The molecule has 2 fully saturated rings. The van der Waals surface area contributed by atoms with Gasteiger partial charge in [-0.3, -0.25) is 4.90 Å². The quantitative estimate of drug-likeness (QED) is 0.871. The van der Waals surface area contributed by atoms with Gasteiger partial charge in [0, 0.05) is 57.3 Å². The minimum absolute atomic E-state index is 0.330. The Kier molecular flexibility index (Phi) is 5.23. The van der Waals surface area contributed by atoms with Gasteiger partial charge in [0.05, 0.1) is 0 Å². The number of likely N-dealkylation sites (tertiary alicyclic amines) is 1. The van der Waals surface area contributed by atoms with Gasteiger partial charge in [0.25, 0.3) is 0 Å². The van der Waals surface area contributed by atoms with Crippen LogP contribution in [0.15, 0.2) is 12.4 Å². The first-order chi connectivity index (χ1) is 10.7. The Labute approximate surface area is 132 Å². The van der Waals surface area contributed by atoms with Gasteiger partial charge >= 0.3 is 0 Å². The minimum atomic E-state index is 0.330. The summed E-state index contributed by atoms with van der Waals surface area (Å²) in [6.07, 6.45) is 6.13. The standard InChI is InChI=1S/C16H27N5O/c1-19-6-8-21(9-7-19)16-17-10-15(11-18-16)12-20-4-2-14(13-22)3-5-20/h10-11,14,22H,2-9,12-13H2,1H3. The van der Waals surface area contributed by atoms with Crippen LogP contribution in [-0.4, -0.2) is 77.8 Å². The summed E-state index contributed by atoms with van der Waals surface area (Å²) < 4.78 is 0. The normalized spacial score (nSPS) is 22.2. The van der Waals surface area contributed by atoms with Crippen molar-refractivity contribution in [3.63, 3.8) is 0 Å². The molecule has 0 atom stereocenters. The molecule has 22 heavy (non-hydrogen) atoms. The Morgan fingerprint density at radius 3 is 2.27 bits per heavy atom. The number of likely N-dealkylation sites (N-methyl/N-ethyl adjacent to an activating group) is 1. The molecule has 0 spiro atoms. The molecule has 0 radical (unpaired) electrons. The monoisotopic (exact) mass is 305 g/mol. The van der Waals surface area contributed by atoms with Gasteiger partial charge in [-0.05, 0) is 38.9 Å². The fraction of sp³-hybridized carbons (Fsp3) is 0.750. The summed E-state index contributed by atoms with van der Waals surface area (Å²) in [6.45, 7) is 7.53. The number of piperidine rings is 1. The zero-order valence-electron chi connectivity index (χ0n) is 13.5. The average molecular weight is 305 g/mol. The molecule has 0 amide bonds. The van der Waals surface area contributed by atoms with Gasteiger partial charge in [0.1, 0.15) is 0 Å². The Bertz CT molecular complexity index is 450. The molecule has 2 aliphatic heterocycles. The van der Waals surface area contributed by atoms with E-state index < -0.39 is 0 Å². The number of nitrogens with zero attached hydrogens (tertiary/aromatic N) is 5. The van der Waals surface area contributed by atoms with Crippen LogP contribution in [0.3, 0.4) is 0 Å². The Morgan fingerprint density at radius 1 is 1.05 bits per heavy atom. The van der Waals surface area contributed by atoms with E-state index in [2.05, 4.69) is 31.7 Å². The topological polar surface area (TPSA) is 55.7 Å². The summed E-state index contributed by atoms with van der Waals surface area (Å²) in [5, 5.41) is 9.19.